The molecule has 1 fully saturated rings. The number of nitrogens with two attached hydrogens (primary N) is 1. The van der Waals surface area contributed by atoms with E-state index in [9.17, 15) is 8.42 Å². The number of methoxy groups -OCH3 is 1. The maximum absolute atomic E-state index is 13.1. The van der Waals surface area contributed by atoms with Crippen molar-refractivity contribution in [3.8, 4) is 5.75 Å². The third-order valence-electron chi connectivity index (χ3n) is 5.70. The van der Waals surface area contributed by atoms with Crippen molar-refractivity contribution in [1.82, 2.24) is 24.2 Å². The largest absolute Gasteiger partial charge is 0.495 e. The van der Waals surface area contributed by atoms with Crippen LogP contribution in [0.5, 0.6) is 5.75 Å². The van der Waals surface area contributed by atoms with Crippen LogP contribution in [0.3, 0.4) is 0 Å². The van der Waals surface area contributed by atoms with E-state index in [2.05, 4.69) is 25.2 Å². The molecule has 10 nitrogen and oxygen atoms in total. The van der Waals surface area contributed by atoms with Crippen molar-refractivity contribution in [2.24, 2.45) is 0 Å². The Morgan fingerprint density at radius 2 is 1.76 bits per heavy atom. The van der Waals surface area contributed by atoms with Gasteiger partial charge in [0, 0.05) is 26.2 Å². The van der Waals surface area contributed by atoms with Crippen molar-refractivity contribution in [2.45, 2.75) is 25.3 Å². The highest BCUT2D eigenvalue weighted by atomic mass is 32.2. The maximum Gasteiger partial charge on any atom is 0.243 e. The van der Waals surface area contributed by atoms with E-state index in [0.29, 0.717) is 60.8 Å². The second kappa shape index (κ2) is 9.92. The van der Waals surface area contributed by atoms with Crippen LogP contribution in [0.25, 0.3) is 0 Å². The molecule has 180 valence electrons. The minimum absolute atomic E-state index is 0.110. The average molecular weight is 484 g/mol. The highest BCUT2D eigenvalue weighted by molar-refractivity contribution is 7.89. The van der Waals surface area contributed by atoms with Crippen molar-refractivity contribution in [1.29, 1.82) is 0 Å². The number of aromatic nitrogens is 3. The van der Waals surface area contributed by atoms with E-state index in [1.54, 1.807) is 13.2 Å². The van der Waals surface area contributed by atoms with Crippen LogP contribution in [0.15, 0.2) is 47.4 Å². The summed E-state index contributed by atoms with van der Waals surface area (Å²) < 4.78 is 33.2. The van der Waals surface area contributed by atoms with Crippen LogP contribution in [0.4, 0.5) is 17.6 Å². The molecule has 0 unspecified atom stereocenters. The van der Waals surface area contributed by atoms with E-state index in [0.717, 1.165) is 11.1 Å². The van der Waals surface area contributed by atoms with Crippen LogP contribution >= 0.6 is 0 Å². The molecule has 1 aliphatic heterocycles. The van der Waals surface area contributed by atoms with Crippen LogP contribution in [-0.2, 0) is 16.6 Å². The highest BCUT2D eigenvalue weighted by Crippen LogP contribution is 2.26. The molecule has 3 N–H and O–H groups in total. The first kappa shape index (κ1) is 23.9. The van der Waals surface area contributed by atoms with Gasteiger partial charge in [0.1, 0.15) is 11.6 Å². The Hall–Kier alpha value is -3.28. The van der Waals surface area contributed by atoms with Crippen LogP contribution in [-0.4, -0.2) is 65.9 Å². The zero-order chi connectivity index (χ0) is 24.3. The highest BCUT2D eigenvalue weighted by Gasteiger charge is 2.30. The van der Waals surface area contributed by atoms with Crippen molar-refractivity contribution in [2.75, 3.05) is 44.3 Å². The van der Waals surface area contributed by atoms with Crippen LogP contribution < -0.4 is 15.8 Å². The van der Waals surface area contributed by atoms with Gasteiger partial charge in [-0.25, -0.2) is 8.42 Å². The smallest absolute Gasteiger partial charge is 0.243 e. The molecular formula is C23H29N7O3S. The van der Waals surface area contributed by atoms with Gasteiger partial charge in [0.05, 0.1) is 24.2 Å². The number of sulfonamides is 1. The fourth-order valence-corrected chi connectivity index (χ4v) is 5.62. The summed E-state index contributed by atoms with van der Waals surface area (Å²) >= 11 is 0. The molecule has 3 aromatic rings. The van der Waals surface area contributed by atoms with Crippen LogP contribution in [0, 0.1) is 13.8 Å². The Balaban J connectivity index is 1.42. The van der Waals surface area contributed by atoms with E-state index >= 15 is 0 Å². The van der Waals surface area contributed by atoms with Crippen LogP contribution in [0.2, 0.25) is 0 Å². The number of anilines is 3. The predicted molar refractivity (Wildman–Crippen MR) is 130 cm³/mol. The van der Waals surface area contributed by atoms with Gasteiger partial charge in [0.15, 0.2) is 0 Å². The molecule has 0 spiro atoms. The van der Waals surface area contributed by atoms with Crippen molar-refractivity contribution in [3.63, 3.8) is 0 Å². The van der Waals surface area contributed by atoms with E-state index < -0.39 is 10.0 Å². The normalized spacial score (nSPS) is 15.3. The number of nitrogens with one attached hydrogen (secondary N) is 1. The predicted octanol–water partition coefficient (Wildman–Crippen LogP) is 2.33. The van der Waals surface area contributed by atoms with Crippen LogP contribution in [0.1, 0.15) is 17.0 Å². The number of hydrogen-bond acceptors (Lipinski definition) is 9. The molecular weight excluding hydrogens is 454 g/mol. The van der Waals surface area contributed by atoms with Crippen molar-refractivity contribution in [3.05, 3.63) is 59.4 Å². The van der Waals surface area contributed by atoms with Gasteiger partial charge in [-0.3, -0.25) is 4.90 Å². The molecule has 0 saturated carbocycles. The topological polar surface area (TPSA) is 127 Å². The zero-order valence-corrected chi connectivity index (χ0v) is 20.3. The van der Waals surface area contributed by atoms with E-state index in [1.165, 1.54) is 4.31 Å². The quantitative estimate of drug-likeness (QED) is 0.520. The standard InChI is InChI=1S/C23H29N7O3S/c1-16-8-9-20(17(2)14-16)34(31,32)30-12-10-29(11-13-30)15-21-26-22(24)28-23(27-21)25-18-6-4-5-7-19(18)33-3/h4-9,14H,10-13,15H2,1-3H3,(H3,24,25,26,27,28). The summed E-state index contributed by atoms with van der Waals surface area (Å²) in [4.78, 5) is 15.4. The monoisotopic (exact) mass is 483 g/mol. The first-order valence-electron chi connectivity index (χ1n) is 11.0. The zero-order valence-electron chi connectivity index (χ0n) is 19.5. The van der Waals surface area contributed by atoms with E-state index in [-0.39, 0.29) is 5.95 Å². The number of benzene rings is 2. The number of hydrogen-bond donors (Lipinski definition) is 2. The summed E-state index contributed by atoms with van der Waals surface area (Å²) in [6.45, 7) is 6.12. The summed E-state index contributed by atoms with van der Waals surface area (Å²) in [5.41, 5.74) is 8.43. The molecule has 1 aromatic heterocycles. The molecule has 0 amide bonds. The van der Waals surface area contributed by atoms with Gasteiger partial charge in [-0.1, -0.05) is 29.8 Å². The molecule has 1 saturated heterocycles. The lowest BCUT2D eigenvalue weighted by molar-refractivity contribution is 0.178. The summed E-state index contributed by atoms with van der Waals surface area (Å²) in [5.74, 6) is 1.60. The third kappa shape index (κ3) is 5.27. The molecule has 0 bridgehead atoms. The van der Waals surface area contributed by atoms with Gasteiger partial charge >= 0.3 is 0 Å². The Morgan fingerprint density at radius 1 is 1.03 bits per heavy atom. The first-order valence-corrected chi connectivity index (χ1v) is 12.4. The summed E-state index contributed by atoms with van der Waals surface area (Å²) in [6.07, 6.45) is 0. The van der Waals surface area contributed by atoms with Gasteiger partial charge in [-0.2, -0.15) is 19.3 Å². The first-order chi connectivity index (χ1) is 16.3. The Bertz CT molecular complexity index is 1280. The molecule has 0 aliphatic carbocycles. The second-order valence-corrected chi connectivity index (χ2v) is 10.1. The fourth-order valence-electron chi connectivity index (χ4n) is 3.99. The van der Waals surface area contributed by atoms with Gasteiger partial charge in [0.2, 0.25) is 21.9 Å². The number of rotatable bonds is 7. The summed E-state index contributed by atoms with van der Waals surface area (Å²) in [7, 11) is -1.95. The number of para-hydroxylation sites is 2. The number of nitrogens with zero attached hydrogens (tertiary/aromatic N) is 5. The lowest BCUT2D eigenvalue weighted by Gasteiger charge is -2.33. The number of ether oxygens (including phenoxy) is 1. The lowest BCUT2D eigenvalue weighted by Crippen LogP contribution is -2.48. The third-order valence-corrected chi connectivity index (χ3v) is 7.76. The molecule has 34 heavy (non-hydrogen) atoms. The average Bonchev–Trinajstić information content (AvgIpc) is 2.79. The van der Waals surface area contributed by atoms with Crippen molar-refractivity contribution >= 4 is 27.6 Å². The molecule has 11 heteroatoms. The Kier molecular flexibility index (Phi) is 6.96. The molecule has 1 aliphatic rings. The minimum atomic E-state index is -3.54. The van der Waals surface area contributed by atoms with Gasteiger partial charge in [-0.15, -0.1) is 0 Å². The number of nitrogen functional groups attached to an aromatic ring is 1. The van der Waals surface area contributed by atoms with Gasteiger partial charge in [-0.05, 0) is 37.6 Å². The second-order valence-electron chi connectivity index (χ2n) is 8.21. The SMILES string of the molecule is COc1ccccc1Nc1nc(N)nc(CN2CCN(S(=O)(=O)c3ccc(C)cc3C)CC2)n1. The lowest BCUT2D eigenvalue weighted by atomic mass is 10.2. The van der Waals surface area contributed by atoms with Crippen molar-refractivity contribution < 1.29 is 13.2 Å². The van der Waals surface area contributed by atoms with E-state index in [4.69, 9.17) is 10.5 Å². The molecule has 2 heterocycles. The molecule has 0 atom stereocenters. The maximum atomic E-state index is 13.1. The van der Waals surface area contributed by atoms with Gasteiger partial charge < -0.3 is 15.8 Å². The Morgan fingerprint density at radius 3 is 2.47 bits per heavy atom. The molecule has 4 rings (SSSR count). The van der Waals surface area contributed by atoms with Gasteiger partial charge in [0.25, 0.3) is 0 Å². The minimum Gasteiger partial charge on any atom is -0.495 e. The summed E-state index contributed by atoms with van der Waals surface area (Å²) in [6, 6.07) is 12.9. The Labute approximate surface area is 199 Å². The van der Waals surface area contributed by atoms with E-state index in [1.807, 2.05) is 50.2 Å². The molecule has 2 aromatic carbocycles. The number of aryl methyl sites for hydroxylation is 2. The molecule has 0 radical (unpaired) electrons. The number of piperazine rings is 1. The summed E-state index contributed by atoms with van der Waals surface area (Å²) in [5, 5.41) is 3.12. The fraction of sp³-hybridized carbons (Fsp3) is 0.348.